The summed E-state index contributed by atoms with van der Waals surface area (Å²) < 4.78 is 50.4. The summed E-state index contributed by atoms with van der Waals surface area (Å²) in [6, 6.07) is 1.37. The molecule has 2 fully saturated rings. The van der Waals surface area contributed by atoms with Crippen molar-refractivity contribution in [3.63, 3.8) is 0 Å². The van der Waals surface area contributed by atoms with E-state index in [9.17, 15) is 22.9 Å². The van der Waals surface area contributed by atoms with Gasteiger partial charge in [-0.1, -0.05) is 11.3 Å². The molecule has 0 saturated carbocycles. The van der Waals surface area contributed by atoms with Gasteiger partial charge in [0.1, 0.15) is 5.69 Å². The predicted molar refractivity (Wildman–Crippen MR) is 92.4 cm³/mol. The lowest BCUT2D eigenvalue weighted by molar-refractivity contribution is -0.169. The Labute approximate surface area is 154 Å². The van der Waals surface area contributed by atoms with Crippen molar-refractivity contribution >= 4 is 32.2 Å². The van der Waals surface area contributed by atoms with Crippen LogP contribution < -0.4 is 10.5 Å². The molecule has 3 heterocycles. The third-order valence-electron chi connectivity index (χ3n) is 4.73. The average Bonchev–Trinajstić information content (AvgIpc) is 3.08. The maximum Gasteiger partial charge on any atom is 0.416 e. The second-order valence-corrected chi connectivity index (χ2v) is 7.33. The number of aromatic nitrogens is 1. The minimum atomic E-state index is -4.69. The van der Waals surface area contributed by atoms with Gasteiger partial charge in [-0.2, -0.15) is 18.2 Å². The van der Waals surface area contributed by atoms with Gasteiger partial charge in [-0.05, 0) is 17.3 Å². The Kier molecular flexibility index (Phi) is 4.40. The normalized spacial score (nSPS) is 19.7. The maximum absolute atomic E-state index is 13.0. The van der Waals surface area contributed by atoms with Crippen LogP contribution in [0.1, 0.15) is 18.4 Å². The zero-order valence-electron chi connectivity index (χ0n) is 13.9. The number of benzene rings is 1. The number of ether oxygens (including phenoxy) is 2. The Morgan fingerprint density at radius 3 is 2.44 bits per heavy atom. The molecule has 0 radical (unpaired) electrons. The van der Waals surface area contributed by atoms with E-state index >= 15 is 0 Å². The zero-order chi connectivity index (χ0) is 19.2. The molecule has 0 N–H and O–H groups in total. The van der Waals surface area contributed by atoms with Gasteiger partial charge in [0.15, 0.2) is 10.9 Å². The van der Waals surface area contributed by atoms with Crippen LogP contribution in [0.3, 0.4) is 0 Å². The van der Waals surface area contributed by atoms with Crippen molar-refractivity contribution in [2.45, 2.75) is 24.8 Å². The zero-order valence-corrected chi connectivity index (χ0v) is 14.7. The van der Waals surface area contributed by atoms with Crippen molar-refractivity contribution in [1.29, 1.82) is 0 Å². The highest BCUT2D eigenvalue weighted by Gasteiger charge is 2.40. The summed E-state index contributed by atoms with van der Waals surface area (Å²) >= 11 is 0.981. The number of anilines is 1. The Bertz CT molecular complexity index is 946. The van der Waals surface area contributed by atoms with Gasteiger partial charge < -0.3 is 14.4 Å². The number of piperidine rings is 1. The SMILES string of the molecule is O=Nc1cc(C(F)(F)F)cc2c(=O)nc(N3CCC4(CC3)OCCO4)sc12. The van der Waals surface area contributed by atoms with Crippen LogP contribution in [0.4, 0.5) is 24.0 Å². The fourth-order valence-electron chi connectivity index (χ4n) is 3.33. The van der Waals surface area contributed by atoms with Gasteiger partial charge in [-0.3, -0.25) is 4.79 Å². The van der Waals surface area contributed by atoms with Crippen LogP contribution in [-0.4, -0.2) is 37.1 Å². The van der Waals surface area contributed by atoms with Gasteiger partial charge in [0.2, 0.25) is 0 Å². The van der Waals surface area contributed by atoms with Crippen LogP contribution in [0.2, 0.25) is 0 Å². The first-order valence-electron chi connectivity index (χ1n) is 8.24. The third-order valence-corrected chi connectivity index (χ3v) is 5.89. The van der Waals surface area contributed by atoms with E-state index in [4.69, 9.17) is 9.47 Å². The molecule has 11 heteroatoms. The van der Waals surface area contributed by atoms with Crippen molar-refractivity contribution in [3.05, 3.63) is 33.0 Å². The number of alkyl halides is 3. The molecule has 0 bridgehead atoms. The van der Waals surface area contributed by atoms with Crippen LogP contribution in [0.25, 0.3) is 10.1 Å². The van der Waals surface area contributed by atoms with Gasteiger partial charge in [-0.25, -0.2) is 0 Å². The number of hydrogen-bond donors (Lipinski definition) is 0. The van der Waals surface area contributed by atoms with Crippen LogP contribution in [0.15, 0.2) is 22.1 Å². The fraction of sp³-hybridized carbons (Fsp3) is 0.500. The first-order valence-corrected chi connectivity index (χ1v) is 9.05. The van der Waals surface area contributed by atoms with E-state index < -0.39 is 28.8 Å². The van der Waals surface area contributed by atoms with E-state index in [1.54, 1.807) is 0 Å². The predicted octanol–water partition coefficient (Wildman–Crippen LogP) is 3.42. The van der Waals surface area contributed by atoms with Crippen LogP contribution >= 0.6 is 11.3 Å². The van der Waals surface area contributed by atoms with Crippen LogP contribution in [0.5, 0.6) is 0 Å². The van der Waals surface area contributed by atoms with E-state index in [0.29, 0.717) is 56.4 Å². The molecule has 4 rings (SSSR count). The van der Waals surface area contributed by atoms with E-state index in [-0.39, 0.29) is 10.1 Å². The van der Waals surface area contributed by atoms with E-state index in [0.717, 1.165) is 11.3 Å². The molecule has 2 aliphatic rings. The standard InChI is InChI=1S/C16H14F3N3O4S/c17-16(18,19)9-7-10-12(11(8-9)21-24)27-14(20-13(10)23)22-3-1-15(2-4-22)25-5-6-26-15/h7-8H,1-6H2. The summed E-state index contributed by atoms with van der Waals surface area (Å²) in [7, 11) is 0. The molecule has 1 aromatic carbocycles. The van der Waals surface area contributed by atoms with Gasteiger partial charge >= 0.3 is 6.18 Å². The quantitative estimate of drug-likeness (QED) is 0.718. The number of rotatable bonds is 2. The second kappa shape index (κ2) is 6.50. The molecule has 0 unspecified atom stereocenters. The Morgan fingerprint density at radius 2 is 1.85 bits per heavy atom. The molecule has 2 aliphatic heterocycles. The molecule has 0 aliphatic carbocycles. The molecule has 2 saturated heterocycles. The van der Waals surface area contributed by atoms with E-state index in [2.05, 4.69) is 10.2 Å². The van der Waals surface area contributed by atoms with Crippen molar-refractivity contribution in [2.75, 3.05) is 31.2 Å². The summed E-state index contributed by atoms with van der Waals surface area (Å²) in [4.78, 5) is 29.2. The van der Waals surface area contributed by atoms with E-state index in [1.807, 2.05) is 4.90 Å². The number of halogens is 3. The molecule has 2 aromatic rings. The van der Waals surface area contributed by atoms with Gasteiger partial charge in [0, 0.05) is 25.9 Å². The van der Waals surface area contributed by atoms with Crippen LogP contribution in [-0.2, 0) is 15.7 Å². The smallest absolute Gasteiger partial charge is 0.348 e. The summed E-state index contributed by atoms with van der Waals surface area (Å²) in [5.41, 5.74) is -2.33. The van der Waals surface area contributed by atoms with Crippen molar-refractivity contribution in [1.82, 2.24) is 4.98 Å². The highest BCUT2D eigenvalue weighted by molar-refractivity contribution is 7.22. The molecular formula is C16H14F3N3O4S. The first kappa shape index (κ1) is 18.3. The maximum atomic E-state index is 13.0. The number of nitroso groups, excluding NO2 is 1. The van der Waals surface area contributed by atoms with Gasteiger partial charge in [-0.15, -0.1) is 4.91 Å². The Balaban J connectivity index is 1.71. The summed E-state index contributed by atoms with van der Waals surface area (Å²) in [6.07, 6.45) is -3.52. The third kappa shape index (κ3) is 3.30. The van der Waals surface area contributed by atoms with Gasteiger partial charge in [0.05, 0.1) is 28.9 Å². The Hall–Kier alpha value is -2.11. The minimum absolute atomic E-state index is 0.0988. The average molecular weight is 401 g/mol. The topological polar surface area (TPSA) is 81.1 Å². The molecule has 1 aromatic heterocycles. The molecule has 1 spiro atoms. The second-order valence-electron chi connectivity index (χ2n) is 6.36. The molecule has 144 valence electrons. The lowest BCUT2D eigenvalue weighted by Crippen LogP contribution is -2.45. The summed E-state index contributed by atoms with van der Waals surface area (Å²) in [6.45, 7) is 2.10. The Morgan fingerprint density at radius 1 is 1.19 bits per heavy atom. The molecular weight excluding hydrogens is 387 g/mol. The lowest BCUT2D eigenvalue weighted by Gasteiger charge is -2.37. The number of fused-ring (bicyclic) bond motifs is 1. The van der Waals surface area contributed by atoms with E-state index in [1.165, 1.54) is 0 Å². The number of nitrogens with zero attached hydrogens (tertiary/aromatic N) is 3. The molecule has 7 nitrogen and oxygen atoms in total. The molecule has 27 heavy (non-hydrogen) atoms. The summed E-state index contributed by atoms with van der Waals surface area (Å²) in [5.74, 6) is -0.602. The lowest BCUT2D eigenvalue weighted by atomic mass is 10.0. The molecule has 0 amide bonds. The highest BCUT2D eigenvalue weighted by atomic mass is 32.1. The largest absolute Gasteiger partial charge is 0.416 e. The number of hydrogen-bond acceptors (Lipinski definition) is 8. The minimum Gasteiger partial charge on any atom is -0.348 e. The fourth-order valence-corrected chi connectivity index (χ4v) is 4.41. The first-order chi connectivity index (χ1) is 12.8. The monoisotopic (exact) mass is 401 g/mol. The summed E-state index contributed by atoms with van der Waals surface area (Å²) in [5, 5.41) is 2.77. The van der Waals surface area contributed by atoms with Crippen molar-refractivity contribution in [2.24, 2.45) is 5.18 Å². The van der Waals surface area contributed by atoms with Crippen molar-refractivity contribution in [3.8, 4) is 0 Å². The van der Waals surface area contributed by atoms with Crippen LogP contribution in [0, 0.1) is 4.91 Å². The highest BCUT2D eigenvalue weighted by Crippen LogP contribution is 2.40. The molecule has 0 atom stereocenters. The van der Waals surface area contributed by atoms with Crippen molar-refractivity contribution < 1.29 is 22.6 Å². The van der Waals surface area contributed by atoms with Gasteiger partial charge in [0.25, 0.3) is 5.56 Å².